The van der Waals surface area contributed by atoms with E-state index in [4.69, 9.17) is 28.4 Å². The Morgan fingerprint density at radius 2 is 0.277 bits per heavy atom. The molecule has 0 N–H and O–H groups in total. The summed E-state index contributed by atoms with van der Waals surface area (Å²) in [6, 6.07) is 58.6. The van der Waals surface area contributed by atoms with E-state index in [0.29, 0.717) is 39.6 Å². The summed E-state index contributed by atoms with van der Waals surface area (Å²) in [6.07, 6.45) is 59.8. The van der Waals surface area contributed by atoms with Crippen molar-refractivity contribution in [2.45, 2.75) is 350 Å². The third-order valence-electron chi connectivity index (χ3n) is 24.9. The Labute approximate surface area is 787 Å². The minimum atomic E-state index is 0.679. The molecule has 6 heteroatoms. The lowest BCUT2D eigenvalue weighted by Gasteiger charge is -2.19. The maximum absolute atomic E-state index is 6.41. The summed E-state index contributed by atoms with van der Waals surface area (Å²) in [7, 11) is 0. The predicted molar refractivity (Wildman–Crippen MR) is 553 cm³/mol. The van der Waals surface area contributed by atoms with E-state index in [-0.39, 0.29) is 0 Å². The van der Waals surface area contributed by atoms with Crippen LogP contribution in [0.4, 0.5) is 0 Å². The number of benzene rings is 10. The average molecular weight is 1740 g/mol. The zero-order chi connectivity index (χ0) is 90.6. The molecule has 0 saturated carbocycles. The van der Waals surface area contributed by atoms with Crippen molar-refractivity contribution in [3.8, 4) is 106 Å². The van der Waals surface area contributed by atoms with Gasteiger partial charge in [-0.15, -0.1) is 0 Å². The summed E-state index contributed by atoms with van der Waals surface area (Å²) < 4.78 is 38.3. The summed E-state index contributed by atoms with van der Waals surface area (Å²) >= 11 is 0. The van der Waals surface area contributed by atoms with Crippen molar-refractivity contribution in [3.05, 3.63) is 237 Å². The van der Waals surface area contributed by atoms with Gasteiger partial charge in [0.2, 0.25) is 0 Å². The van der Waals surface area contributed by atoms with E-state index in [9.17, 15) is 0 Å². The van der Waals surface area contributed by atoms with Crippen molar-refractivity contribution < 1.29 is 28.4 Å². The molecule has 0 radical (unpaired) electrons. The van der Waals surface area contributed by atoms with Gasteiger partial charge in [0.25, 0.3) is 0 Å². The molecule has 10 aromatic carbocycles. The second kappa shape index (κ2) is 62.6. The highest BCUT2D eigenvalue weighted by molar-refractivity contribution is 6.29. The first-order valence-electron chi connectivity index (χ1n) is 51.7. The highest BCUT2D eigenvalue weighted by Crippen LogP contribution is 2.44. The van der Waals surface area contributed by atoms with Crippen LogP contribution in [0.2, 0.25) is 0 Å². The van der Waals surface area contributed by atoms with Gasteiger partial charge in [-0.3, -0.25) is 0 Å². The van der Waals surface area contributed by atoms with E-state index in [2.05, 4.69) is 282 Å². The number of ether oxygens (including phenoxy) is 6. The largest absolute Gasteiger partial charge is 0.494 e. The minimum Gasteiger partial charge on any atom is -0.494 e. The van der Waals surface area contributed by atoms with Crippen LogP contribution in [-0.4, -0.2) is 39.6 Å². The maximum Gasteiger partial charge on any atom is 0.119 e. The molecule has 0 atom stereocenters. The van der Waals surface area contributed by atoms with Gasteiger partial charge in [-0.05, 0) is 208 Å². The van der Waals surface area contributed by atoms with Gasteiger partial charge in [0, 0.05) is 99.1 Å². The maximum atomic E-state index is 6.41. The summed E-state index contributed by atoms with van der Waals surface area (Å²) in [5.41, 5.74) is 9.82. The van der Waals surface area contributed by atoms with E-state index in [0.717, 1.165) is 172 Å². The molecule has 0 aromatic heterocycles. The molecule has 0 unspecified atom stereocenters. The smallest absolute Gasteiger partial charge is 0.119 e. The van der Waals surface area contributed by atoms with Crippen molar-refractivity contribution in [2.75, 3.05) is 39.6 Å². The van der Waals surface area contributed by atoms with Crippen molar-refractivity contribution >= 4 is 32.3 Å². The molecule has 130 heavy (non-hydrogen) atoms. The topological polar surface area (TPSA) is 55.4 Å². The van der Waals surface area contributed by atoms with E-state index >= 15 is 0 Å². The van der Waals surface area contributed by atoms with Gasteiger partial charge in [-0.25, -0.2) is 0 Å². The number of rotatable bonds is 60. The molecule has 0 amide bonds. The zero-order valence-electron chi connectivity index (χ0n) is 80.8. The van der Waals surface area contributed by atoms with Crippen LogP contribution < -0.4 is 28.4 Å². The van der Waals surface area contributed by atoms with Crippen LogP contribution in [0.1, 0.15) is 417 Å². The van der Waals surface area contributed by atoms with Crippen LogP contribution >= 0.6 is 0 Å². The normalized spacial score (nSPS) is 10.9. The van der Waals surface area contributed by atoms with Crippen LogP contribution in [0.5, 0.6) is 34.5 Å². The monoisotopic (exact) mass is 1740 g/mol. The van der Waals surface area contributed by atoms with E-state index in [1.54, 1.807) is 0 Å². The molecule has 0 heterocycles. The van der Waals surface area contributed by atoms with Crippen molar-refractivity contribution in [1.82, 2.24) is 0 Å². The van der Waals surface area contributed by atoms with Crippen LogP contribution in [0.3, 0.4) is 0 Å². The predicted octanol–water partition coefficient (Wildman–Crippen LogP) is 34.1. The molecule has 0 saturated heterocycles. The first kappa shape index (κ1) is 102. The first-order chi connectivity index (χ1) is 64.3. The molecule has 686 valence electrons. The highest BCUT2D eigenvalue weighted by Gasteiger charge is 2.24. The molecule has 10 aromatic rings. The van der Waals surface area contributed by atoms with Gasteiger partial charge in [0.05, 0.1) is 39.6 Å². The Kier molecular flexibility index (Phi) is 48.9. The SMILES string of the molecule is CCCCCCCCCCOc1ccc(C#Cc2cc3c(C#Cc4ccc(OCCCCCCCCCC)cc4)c(C#Cc4ccc(OCCCCCCCCCC)cc4)c4cc(C#Cc5ccc(OCCCCCCCCCC)cc5)cc5c(C#Cc6ccc(OCCCCCCCCCC)cc6)c(C#Cc6ccc(OCCCCCCCCCC)cc6)c(c2)c3c45)cc1. The minimum absolute atomic E-state index is 0.679. The summed E-state index contributed by atoms with van der Waals surface area (Å²) in [5.74, 6) is 50.1. The van der Waals surface area contributed by atoms with E-state index in [1.807, 2.05) is 0 Å². The van der Waals surface area contributed by atoms with Crippen LogP contribution in [0.25, 0.3) is 32.3 Å². The number of hydrogen-bond acceptors (Lipinski definition) is 6. The van der Waals surface area contributed by atoms with Crippen LogP contribution in [0.15, 0.2) is 170 Å². The fourth-order valence-electron chi connectivity index (χ4n) is 17.0. The molecule has 0 aliphatic heterocycles. The third kappa shape index (κ3) is 37.7. The van der Waals surface area contributed by atoms with Gasteiger partial charge in [0.1, 0.15) is 34.5 Å². The number of hydrogen-bond donors (Lipinski definition) is 0. The second-order valence-electron chi connectivity index (χ2n) is 36.0. The summed E-state index contributed by atoms with van der Waals surface area (Å²) in [4.78, 5) is 0. The first-order valence-corrected chi connectivity index (χ1v) is 51.7. The standard InChI is InChI=1S/C124H154O6/c1-7-13-19-25-31-37-43-49-91-125-109-75-59-101(60-76-109)55-57-107-97-119-115(87-71-103-63-79-111(80-64-103)127-93-51-45-39-33-27-21-15-9-3)117(89-73-105-67-83-113(84-68-105)129-95-53-47-41-35-29-23-17-11-5)121-99-108(58-56-102-61-77-110(78-62-102)126-92-50-44-38-32-26-20-14-8-2)100-122-118(90-74-106-69-85-114(86-70-106)130-96-54-48-42-36-30-24-18-12-6)116(120(98-107)123(119)124(121)122)88-72-104-65-81-112(82-66-104)128-94-52-46-40-34-28-22-16-10-4/h59-70,75-86,97-100H,7-54,91-96H2,1-6H3. The third-order valence-corrected chi connectivity index (χ3v) is 24.9. The summed E-state index contributed by atoms with van der Waals surface area (Å²) in [5, 5.41) is 5.60. The Bertz CT molecular complexity index is 4680. The molecular formula is C124H154O6. The lowest BCUT2D eigenvalue weighted by atomic mass is 9.81. The zero-order valence-corrected chi connectivity index (χ0v) is 80.8. The highest BCUT2D eigenvalue weighted by atomic mass is 16.5. The molecule has 0 spiro atoms. The molecule has 10 rings (SSSR count). The average Bonchev–Trinajstić information content (AvgIpc) is 0.701. The lowest BCUT2D eigenvalue weighted by Crippen LogP contribution is -2.00. The molecule has 0 fully saturated rings. The Balaban J connectivity index is 1.14. The molecular weight excluding hydrogens is 1590 g/mol. The number of unbranched alkanes of at least 4 members (excludes halogenated alkanes) is 42. The van der Waals surface area contributed by atoms with Gasteiger partial charge >= 0.3 is 0 Å². The summed E-state index contributed by atoms with van der Waals surface area (Å²) in [6.45, 7) is 17.8. The van der Waals surface area contributed by atoms with Gasteiger partial charge in [-0.1, -0.05) is 382 Å². The quantitative estimate of drug-likeness (QED) is 0.0215. The van der Waals surface area contributed by atoms with Crippen LogP contribution in [-0.2, 0) is 0 Å². The van der Waals surface area contributed by atoms with Crippen molar-refractivity contribution in [1.29, 1.82) is 0 Å². The van der Waals surface area contributed by atoms with E-state index in [1.165, 1.54) is 270 Å². The fraction of sp³-hybridized carbons (Fsp3) is 0.484. The van der Waals surface area contributed by atoms with Gasteiger partial charge in [-0.2, -0.15) is 0 Å². The molecule has 6 nitrogen and oxygen atoms in total. The van der Waals surface area contributed by atoms with Crippen molar-refractivity contribution in [3.63, 3.8) is 0 Å². The van der Waals surface area contributed by atoms with Crippen LogP contribution in [0, 0.1) is 71.0 Å². The Hall–Kier alpha value is -10.6. The fourth-order valence-corrected chi connectivity index (χ4v) is 17.0. The molecule has 0 aliphatic rings. The molecule has 0 bridgehead atoms. The second-order valence-corrected chi connectivity index (χ2v) is 36.0. The van der Waals surface area contributed by atoms with Gasteiger partial charge in [0.15, 0.2) is 0 Å². The lowest BCUT2D eigenvalue weighted by molar-refractivity contribution is 0.304. The van der Waals surface area contributed by atoms with Crippen molar-refractivity contribution in [2.24, 2.45) is 0 Å². The molecule has 0 aliphatic carbocycles. The Morgan fingerprint density at radius 3 is 0.431 bits per heavy atom. The van der Waals surface area contributed by atoms with E-state index < -0.39 is 0 Å². The Morgan fingerprint density at radius 1 is 0.146 bits per heavy atom. The van der Waals surface area contributed by atoms with Gasteiger partial charge < -0.3 is 28.4 Å².